The van der Waals surface area contributed by atoms with Crippen molar-refractivity contribution in [3.05, 3.63) is 33.9 Å². The third-order valence-corrected chi connectivity index (χ3v) is 3.62. The fourth-order valence-corrected chi connectivity index (χ4v) is 2.46. The summed E-state index contributed by atoms with van der Waals surface area (Å²) in [4.78, 5) is 11.0. The zero-order valence-corrected chi connectivity index (χ0v) is 12.5. The predicted octanol–water partition coefficient (Wildman–Crippen LogP) is 2.37. The van der Waals surface area contributed by atoms with Gasteiger partial charge in [0.2, 0.25) is 0 Å². The van der Waals surface area contributed by atoms with Gasteiger partial charge in [0.05, 0.1) is 28.6 Å². The maximum Gasteiger partial charge on any atom is 0.339 e. The lowest BCUT2D eigenvalue weighted by atomic mass is 10.3. The van der Waals surface area contributed by atoms with Crippen LogP contribution in [0.15, 0.2) is 6.20 Å². The number of nitrogens with zero attached hydrogens (tertiary/aromatic N) is 4. The standard InChI is InChI=1S/C13H17ClN4O2/c1-4-10-12(14)11(18(5-2)16-10)7-17-6-9(13(19)20)8(3)15-17/h6H,4-5,7H2,1-3H3,(H,19,20). The van der Waals surface area contributed by atoms with Gasteiger partial charge in [0, 0.05) is 12.7 Å². The number of aromatic nitrogens is 4. The van der Waals surface area contributed by atoms with Crippen LogP contribution in [-0.2, 0) is 19.5 Å². The zero-order valence-electron chi connectivity index (χ0n) is 11.7. The van der Waals surface area contributed by atoms with Crippen LogP contribution in [0.4, 0.5) is 0 Å². The first kappa shape index (κ1) is 14.6. The molecule has 7 heteroatoms. The Morgan fingerprint density at radius 3 is 2.60 bits per heavy atom. The topological polar surface area (TPSA) is 72.9 Å². The van der Waals surface area contributed by atoms with Crippen molar-refractivity contribution in [2.24, 2.45) is 0 Å². The summed E-state index contributed by atoms with van der Waals surface area (Å²) in [6.07, 6.45) is 2.28. The Kier molecular flexibility index (Phi) is 4.13. The molecule has 0 amide bonds. The Balaban J connectivity index is 2.37. The van der Waals surface area contributed by atoms with Crippen molar-refractivity contribution in [1.29, 1.82) is 0 Å². The molecule has 0 radical (unpaired) electrons. The second kappa shape index (κ2) is 5.66. The van der Waals surface area contributed by atoms with E-state index >= 15 is 0 Å². The summed E-state index contributed by atoms with van der Waals surface area (Å²) in [6, 6.07) is 0. The summed E-state index contributed by atoms with van der Waals surface area (Å²) in [7, 11) is 0. The Hall–Kier alpha value is -1.82. The van der Waals surface area contributed by atoms with Crippen LogP contribution in [0.1, 0.15) is 41.3 Å². The van der Waals surface area contributed by atoms with Gasteiger partial charge in [0.15, 0.2) is 0 Å². The number of rotatable bonds is 5. The molecule has 108 valence electrons. The van der Waals surface area contributed by atoms with E-state index in [1.54, 1.807) is 11.6 Å². The van der Waals surface area contributed by atoms with Gasteiger partial charge in [-0.2, -0.15) is 10.2 Å². The molecule has 0 saturated carbocycles. The van der Waals surface area contributed by atoms with Crippen LogP contribution in [0.25, 0.3) is 0 Å². The lowest BCUT2D eigenvalue weighted by Crippen LogP contribution is -2.09. The number of hydrogen-bond acceptors (Lipinski definition) is 3. The third kappa shape index (κ3) is 2.56. The Labute approximate surface area is 122 Å². The van der Waals surface area contributed by atoms with Gasteiger partial charge >= 0.3 is 5.97 Å². The van der Waals surface area contributed by atoms with Crippen molar-refractivity contribution in [2.75, 3.05) is 0 Å². The average Bonchev–Trinajstić information content (AvgIpc) is 2.92. The zero-order chi connectivity index (χ0) is 14.9. The van der Waals surface area contributed by atoms with E-state index in [2.05, 4.69) is 10.2 Å². The lowest BCUT2D eigenvalue weighted by Gasteiger charge is -2.05. The van der Waals surface area contributed by atoms with E-state index < -0.39 is 5.97 Å². The van der Waals surface area contributed by atoms with Gasteiger partial charge in [-0.25, -0.2) is 4.79 Å². The van der Waals surface area contributed by atoms with E-state index in [1.807, 2.05) is 18.5 Å². The highest BCUT2D eigenvalue weighted by molar-refractivity contribution is 6.31. The maximum absolute atomic E-state index is 11.0. The summed E-state index contributed by atoms with van der Waals surface area (Å²) in [5.41, 5.74) is 2.41. The van der Waals surface area contributed by atoms with Crippen molar-refractivity contribution >= 4 is 17.6 Å². The first-order valence-corrected chi connectivity index (χ1v) is 6.87. The number of aromatic carboxylic acids is 1. The molecule has 0 atom stereocenters. The van der Waals surface area contributed by atoms with Crippen LogP contribution in [0.3, 0.4) is 0 Å². The van der Waals surface area contributed by atoms with Crippen LogP contribution < -0.4 is 0 Å². The van der Waals surface area contributed by atoms with E-state index in [1.165, 1.54) is 6.20 Å². The summed E-state index contributed by atoms with van der Waals surface area (Å²) in [5.74, 6) is -0.974. The van der Waals surface area contributed by atoms with Crippen LogP contribution in [0.5, 0.6) is 0 Å². The molecule has 1 N–H and O–H groups in total. The smallest absolute Gasteiger partial charge is 0.339 e. The van der Waals surface area contributed by atoms with E-state index in [4.69, 9.17) is 16.7 Å². The van der Waals surface area contributed by atoms with E-state index in [0.717, 1.165) is 17.8 Å². The molecule has 0 unspecified atom stereocenters. The first-order valence-electron chi connectivity index (χ1n) is 6.49. The highest BCUT2D eigenvalue weighted by Crippen LogP contribution is 2.22. The van der Waals surface area contributed by atoms with E-state index in [9.17, 15) is 4.79 Å². The Bertz CT molecular complexity index is 645. The van der Waals surface area contributed by atoms with Crippen molar-refractivity contribution in [3.63, 3.8) is 0 Å². The number of aryl methyl sites for hydroxylation is 3. The maximum atomic E-state index is 11.0. The molecule has 2 heterocycles. The summed E-state index contributed by atoms with van der Waals surface area (Å²) in [5, 5.41) is 18.3. The highest BCUT2D eigenvalue weighted by atomic mass is 35.5. The van der Waals surface area contributed by atoms with Crippen molar-refractivity contribution in [3.8, 4) is 0 Å². The molecule has 0 aliphatic rings. The molecule has 6 nitrogen and oxygen atoms in total. The molecule has 2 aromatic rings. The molecule has 20 heavy (non-hydrogen) atoms. The number of carboxylic acid groups (broad SMARTS) is 1. The minimum Gasteiger partial charge on any atom is -0.478 e. The Morgan fingerprint density at radius 2 is 2.10 bits per heavy atom. The molecule has 0 saturated heterocycles. The lowest BCUT2D eigenvalue weighted by molar-refractivity contribution is 0.0696. The predicted molar refractivity (Wildman–Crippen MR) is 75.3 cm³/mol. The van der Waals surface area contributed by atoms with Crippen molar-refractivity contribution < 1.29 is 9.90 Å². The van der Waals surface area contributed by atoms with Gasteiger partial charge in [0.25, 0.3) is 0 Å². The average molecular weight is 297 g/mol. The molecule has 0 fully saturated rings. The molecule has 2 aromatic heterocycles. The second-order valence-corrected chi connectivity index (χ2v) is 4.89. The Morgan fingerprint density at radius 1 is 1.40 bits per heavy atom. The highest BCUT2D eigenvalue weighted by Gasteiger charge is 2.17. The summed E-state index contributed by atoms with van der Waals surface area (Å²) in [6.45, 7) is 6.78. The largest absolute Gasteiger partial charge is 0.478 e. The van der Waals surface area contributed by atoms with E-state index in [-0.39, 0.29) is 5.56 Å². The van der Waals surface area contributed by atoms with Crippen molar-refractivity contribution in [2.45, 2.75) is 40.3 Å². The van der Waals surface area contributed by atoms with Crippen LogP contribution in [-0.4, -0.2) is 30.6 Å². The van der Waals surface area contributed by atoms with E-state index in [0.29, 0.717) is 23.8 Å². The molecule has 0 aliphatic heterocycles. The van der Waals surface area contributed by atoms with Gasteiger partial charge in [-0.3, -0.25) is 9.36 Å². The number of carbonyl (C=O) groups is 1. The van der Waals surface area contributed by atoms with Crippen LogP contribution >= 0.6 is 11.6 Å². The number of carboxylic acids is 1. The van der Waals surface area contributed by atoms with Crippen LogP contribution in [0, 0.1) is 6.92 Å². The van der Waals surface area contributed by atoms with Crippen LogP contribution in [0.2, 0.25) is 5.02 Å². The minimum absolute atomic E-state index is 0.208. The molecule has 0 spiro atoms. The first-order chi connectivity index (χ1) is 9.47. The molecule has 0 aliphatic carbocycles. The molecule has 0 aromatic carbocycles. The molecular formula is C13H17ClN4O2. The second-order valence-electron chi connectivity index (χ2n) is 4.51. The summed E-state index contributed by atoms with van der Waals surface area (Å²) < 4.78 is 3.42. The normalized spacial score (nSPS) is 11.0. The number of halogens is 1. The van der Waals surface area contributed by atoms with Gasteiger partial charge in [-0.15, -0.1) is 0 Å². The van der Waals surface area contributed by atoms with Gasteiger partial charge < -0.3 is 5.11 Å². The SMILES string of the molecule is CCc1nn(CC)c(Cn2cc(C(=O)O)c(C)n2)c1Cl. The molecule has 2 rings (SSSR count). The fraction of sp³-hybridized carbons (Fsp3) is 0.462. The van der Waals surface area contributed by atoms with Gasteiger partial charge in [-0.05, 0) is 20.3 Å². The minimum atomic E-state index is -0.974. The third-order valence-electron chi connectivity index (χ3n) is 3.18. The van der Waals surface area contributed by atoms with Gasteiger partial charge in [0.1, 0.15) is 5.56 Å². The molecule has 0 bridgehead atoms. The van der Waals surface area contributed by atoms with Crippen molar-refractivity contribution in [1.82, 2.24) is 19.6 Å². The monoisotopic (exact) mass is 296 g/mol. The molecular weight excluding hydrogens is 280 g/mol. The quantitative estimate of drug-likeness (QED) is 0.919. The fourth-order valence-electron chi connectivity index (χ4n) is 2.13. The summed E-state index contributed by atoms with van der Waals surface area (Å²) >= 11 is 6.33. The van der Waals surface area contributed by atoms with Gasteiger partial charge in [-0.1, -0.05) is 18.5 Å². The number of hydrogen-bond donors (Lipinski definition) is 1.